The summed E-state index contributed by atoms with van der Waals surface area (Å²) in [5.74, 6) is -0.395. The molecule has 2 rings (SSSR count). The van der Waals surface area contributed by atoms with Gasteiger partial charge in [0.05, 0.1) is 0 Å². The summed E-state index contributed by atoms with van der Waals surface area (Å²) in [6.07, 6.45) is 1.85. The molecule has 0 radical (unpaired) electrons. The summed E-state index contributed by atoms with van der Waals surface area (Å²) < 4.78 is 28.7. The highest BCUT2D eigenvalue weighted by Gasteiger charge is 2.31. The van der Waals surface area contributed by atoms with Crippen molar-refractivity contribution in [2.45, 2.75) is 25.8 Å². The minimum Gasteiger partial charge on any atom is -0.368 e. The molecule has 1 aliphatic rings. The molecule has 7 heteroatoms. The Hall–Kier alpha value is -1.44. The van der Waals surface area contributed by atoms with E-state index in [4.69, 9.17) is 5.73 Å². The summed E-state index contributed by atoms with van der Waals surface area (Å²) in [5.41, 5.74) is 5.89. The number of carbonyl (C=O) groups excluding carboxylic acids is 1. The highest BCUT2D eigenvalue weighted by Crippen LogP contribution is 2.20. The average Bonchev–Trinajstić information content (AvgIpc) is 2.45. The van der Waals surface area contributed by atoms with Gasteiger partial charge in [-0.05, 0) is 24.3 Å². The molecule has 1 aromatic carbocycles. The van der Waals surface area contributed by atoms with E-state index in [1.54, 1.807) is 30.3 Å². The second-order valence-corrected chi connectivity index (χ2v) is 7.18. The maximum atomic E-state index is 12.4. The Kier molecular flexibility index (Phi) is 4.97. The van der Waals surface area contributed by atoms with Gasteiger partial charge in [0.15, 0.2) is 0 Å². The maximum absolute atomic E-state index is 12.4. The second kappa shape index (κ2) is 6.55. The fourth-order valence-electron chi connectivity index (χ4n) is 2.52. The van der Waals surface area contributed by atoms with Gasteiger partial charge in [0.1, 0.15) is 6.04 Å². The van der Waals surface area contributed by atoms with Gasteiger partial charge in [0.25, 0.3) is 10.2 Å². The van der Waals surface area contributed by atoms with Gasteiger partial charge in [-0.25, -0.2) is 0 Å². The van der Waals surface area contributed by atoms with Crippen molar-refractivity contribution in [3.63, 3.8) is 0 Å². The normalized spacial score (nSPS) is 21.9. The van der Waals surface area contributed by atoms with Crippen LogP contribution in [-0.4, -0.2) is 31.7 Å². The van der Waals surface area contributed by atoms with Gasteiger partial charge in [-0.15, -0.1) is 0 Å². The molecule has 0 aliphatic carbocycles. The lowest BCUT2D eigenvalue weighted by molar-refractivity contribution is -0.119. The molecular weight excluding hydrogens is 290 g/mol. The third-order valence-electron chi connectivity index (χ3n) is 3.64. The summed E-state index contributed by atoms with van der Waals surface area (Å²) in [4.78, 5) is 11.6. The van der Waals surface area contributed by atoms with Crippen LogP contribution in [0, 0.1) is 5.92 Å². The zero-order valence-corrected chi connectivity index (χ0v) is 12.8. The van der Waals surface area contributed by atoms with Crippen LogP contribution in [0.3, 0.4) is 0 Å². The Morgan fingerprint density at radius 2 is 2.05 bits per heavy atom. The quantitative estimate of drug-likeness (QED) is 0.841. The average molecular weight is 311 g/mol. The highest BCUT2D eigenvalue weighted by molar-refractivity contribution is 7.87. The number of piperidine rings is 1. The number of nitrogens with one attached hydrogen (secondary N) is 1. The molecule has 0 aromatic heterocycles. The first-order valence-corrected chi connectivity index (χ1v) is 8.46. The molecule has 3 N–H and O–H groups in total. The zero-order chi connectivity index (χ0) is 15.5. The summed E-state index contributed by atoms with van der Waals surface area (Å²) in [6, 6.07) is 7.58. The van der Waals surface area contributed by atoms with Crippen molar-refractivity contribution < 1.29 is 13.2 Å². The standard InChI is InChI=1S/C14H21N3O3S/c1-11-6-5-9-17(10-11)21(19,20)16-13(14(15)18)12-7-3-2-4-8-12/h2-4,7-8,11,13,16H,5-6,9-10H2,1H3,(H2,15,18). The van der Waals surface area contributed by atoms with Crippen LogP contribution in [0.25, 0.3) is 0 Å². The van der Waals surface area contributed by atoms with E-state index in [0.29, 0.717) is 24.6 Å². The number of amides is 1. The molecule has 2 atom stereocenters. The summed E-state index contributed by atoms with van der Waals surface area (Å²) in [5, 5.41) is 0. The highest BCUT2D eigenvalue weighted by atomic mass is 32.2. The van der Waals surface area contributed by atoms with E-state index >= 15 is 0 Å². The Balaban J connectivity index is 2.18. The van der Waals surface area contributed by atoms with Gasteiger partial charge in [0, 0.05) is 13.1 Å². The molecule has 116 valence electrons. The molecule has 1 saturated heterocycles. The first-order chi connectivity index (χ1) is 9.90. The van der Waals surface area contributed by atoms with E-state index < -0.39 is 22.2 Å². The second-order valence-electron chi connectivity index (χ2n) is 5.47. The number of rotatable bonds is 5. The van der Waals surface area contributed by atoms with E-state index in [9.17, 15) is 13.2 Å². The summed E-state index contributed by atoms with van der Waals surface area (Å²) >= 11 is 0. The van der Waals surface area contributed by atoms with Gasteiger partial charge in [-0.1, -0.05) is 37.3 Å². The molecule has 0 bridgehead atoms. The van der Waals surface area contributed by atoms with Crippen LogP contribution in [0.15, 0.2) is 30.3 Å². The van der Waals surface area contributed by atoms with Crippen LogP contribution in [0.1, 0.15) is 31.4 Å². The number of hydrogen-bond acceptors (Lipinski definition) is 3. The number of nitrogens with two attached hydrogens (primary N) is 1. The van der Waals surface area contributed by atoms with Crippen LogP contribution in [-0.2, 0) is 15.0 Å². The Bertz CT molecular complexity index is 589. The Morgan fingerprint density at radius 1 is 1.38 bits per heavy atom. The smallest absolute Gasteiger partial charge is 0.280 e. The van der Waals surface area contributed by atoms with Crippen molar-refractivity contribution in [1.29, 1.82) is 0 Å². The maximum Gasteiger partial charge on any atom is 0.280 e. The van der Waals surface area contributed by atoms with Crippen molar-refractivity contribution in [3.05, 3.63) is 35.9 Å². The van der Waals surface area contributed by atoms with Crippen molar-refractivity contribution in [2.75, 3.05) is 13.1 Å². The molecule has 2 unspecified atom stereocenters. The van der Waals surface area contributed by atoms with Gasteiger partial charge >= 0.3 is 0 Å². The predicted molar refractivity (Wildman–Crippen MR) is 80.4 cm³/mol. The zero-order valence-electron chi connectivity index (χ0n) is 12.0. The number of carbonyl (C=O) groups is 1. The minimum atomic E-state index is -3.73. The van der Waals surface area contributed by atoms with Crippen molar-refractivity contribution in [3.8, 4) is 0 Å². The van der Waals surface area contributed by atoms with Crippen molar-refractivity contribution >= 4 is 16.1 Å². The molecule has 1 fully saturated rings. The van der Waals surface area contributed by atoms with Gasteiger partial charge in [-0.2, -0.15) is 17.4 Å². The van der Waals surface area contributed by atoms with Crippen LogP contribution >= 0.6 is 0 Å². The third kappa shape index (κ3) is 4.03. The van der Waals surface area contributed by atoms with Crippen LogP contribution in [0.5, 0.6) is 0 Å². The van der Waals surface area contributed by atoms with E-state index in [2.05, 4.69) is 4.72 Å². The molecule has 1 amide bonds. The van der Waals surface area contributed by atoms with Crippen LogP contribution in [0.2, 0.25) is 0 Å². The number of hydrogen-bond donors (Lipinski definition) is 2. The van der Waals surface area contributed by atoms with Crippen LogP contribution in [0.4, 0.5) is 0 Å². The summed E-state index contributed by atoms with van der Waals surface area (Å²) in [6.45, 7) is 2.96. The van der Waals surface area contributed by atoms with Crippen LogP contribution < -0.4 is 10.5 Å². The van der Waals surface area contributed by atoms with E-state index in [1.807, 2.05) is 6.92 Å². The predicted octanol–water partition coefficient (Wildman–Crippen LogP) is 0.779. The molecule has 1 aromatic rings. The number of primary amides is 1. The first-order valence-electron chi connectivity index (χ1n) is 7.02. The fraction of sp³-hybridized carbons (Fsp3) is 0.500. The molecule has 6 nitrogen and oxygen atoms in total. The molecular formula is C14H21N3O3S. The summed E-state index contributed by atoms with van der Waals surface area (Å²) in [7, 11) is -3.73. The number of nitrogens with zero attached hydrogens (tertiary/aromatic N) is 1. The minimum absolute atomic E-state index is 0.319. The first kappa shape index (κ1) is 15.9. The Morgan fingerprint density at radius 3 is 2.62 bits per heavy atom. The molecule has 0 saturated carbocycles. The SMILES string of the molecule is CC1CCCN(S(=O)(=O)NC(C(N)=O)c2ccccc2)C1. The number of benzene rings is 1. The monoisotopic (exact) mass is 311 g/mol. The lowest BCUT2D eigenvalue weighted by Gasteiger charge is -2.31. The topological polar surface area (TPSA) is 92.5 Å². The largest absolute Gasteiger partial charge is 0.368 e. The van der Waals surface area contributed by atoms with Gasteiger partial charge in [-0.3, -0.25) is 4.79 Å². The van der Waals surface area contributed by atoms with Gasteiger partial charge < -0.3 is 5.73 Å². The van der Waals surface area contributed by atoms with E-state index in [1.165, 1.54) is 4.31 Å². The fourth-order valence-corrected chi connectivity index (χ4v) is 4.04. The Labute approximate surface area is 125 Å². The van der Waals surface area contributed by atoms with E-state index in [-0.39, 0.29) is 0 Å². The van der Waals surface area contributed by atoms with Gasteiger partial charge in [0.2, 0.25) is 5.91 Å². The lowest BCUT2D eigenvalue weighted by atomic mass is 10.0. The van der Waals surface area contributed by atoms with E-state index in [0.717, 1.165) is 12.8 Å². The van der Waals surface area contributed by atoms with Crippen molar-refractivity contribution in [2.24, 2.45) is 11.7 Å². The van der Waals surface area contributed by atoms with Crippen molar-refractivity contribution in [1.82, 2.24) is 9.03 Å². The third-order valence-corrected chi connectivity index (χ3v) is 5.19. The molecule has 0 spiro atoms. The lowest BCUT2D eigenvalue weighted by Crippen LogP contribution is -2.48. The molecule has 1 heterocycles. The molecule has 1 aliphatic heterocycles. The molecule has 21 heavy (non-hydrogen) atoms.